The average molecular weight is 285 g/mol. The summed E-state index contributed by atoms with van der Waals surface area (Å²) in [5, 5.41) is 1.03. The second-order valence-corrected chi connectivity index (χ2v) is 4.16. The van der Waals surface area contributed by atoms with Crippen molar-refractivity contribution in [3.05, 3.63) is 20.6 Å². The molecule has 2 N–H and O–H groups in total. The Hall–Kier alpha value is -0.350. The van der Waals surface area contributed by atoms with E-state index in [9.17, 15) is 0 Å². The van der Waals surface area contributed by atoms with Gasteiger partial charge in [0.05, 0.1) is 24.3 Å². The van der Waals surface area contributed by atoms with Gasteiger partial charge in [-0.1, -0.05) is 34.8 Å². The molecule has 0 aliphatic rings. The molecule has 90 valence electrons. The molecule has 0 atom stereocenters. The van der Waals surface area contributed by atoms with E-state index < -0.39 is 0 Å². The Morgan fingerprint density at radius 3 is 1.88 bits per heavy atom. The molecule has 1 rings (SSSR count). The third-order valence-electron chi connectivity index (χ3n) is 2.13. The van der Waals surface area contributed by atoms with Crippen molar-refractivity contribution in [1.82, 2.24) is 0 Å². The summed E-state index contributed by atoms with van der Waals surface area (Å²) in [5.41, 5.74) is 6.15. The lowest BCUT2D eigenvalue weighted by Gasteiger charge is -2.16. The fourth-order valence-electron chi connectivity index (χ4n) is 1.39. The molecule has 0 aromatic heterocycles. The van der Waals surface area contributed by atoms with Crippen molar-refractivity contribution >= 4 is 34.8 Å². The maximum absolute atomic E-state index is 6.15. The van der Waals surface area contributed by atoms with Crippen LogP contribution >= 0.6 is 34.8 Å². The van der Waals surface area contributed by atoms with Gasteiger partial charge in [-0.25, -0.2) is 0 Å². The smallest absolute Gasteiger partial charge is 0.182 e. The molecule has 0 saturated heterocycles. The predicted octanol–water partition coefficient (Wildman–Crippen LogP) is 3.17. The molecule has 0 radical (unpaired) electrons. The Bertz CT molecular complexity index is 396. The second-order valence-electron chi connectivity index (χ2n) is 3.03. The number of halogens is 3. The summed E-state index contributed by atoms with van der Waals surface area (Å²) in [6, 6.07) is 0. The lowest BCUT2D eigenvalue weighted by Crippen LogP contribution is -2.05. The van der Waals surface area contributed by atoms with Crippen LogP contribution in [0.5, 0.6) is 11.5 Å². The zero-order valence-electron chi connectivity index (χ0n) is 8.94. The van der Waals surface area contributed by atoms with Crippen molar-refractivity contribution in [1.29, 1.82) is 0 Å². The van der Waals surface area contributed by atoms with Gasteiger partial charge in [-0.2, -0.15) is 0 Å². The van der Waals surface area contributed by atoms with Gasteiger partial charge in [0.15, 0.2) is 11.5 Å². The summed E-state index contributed by atoms with van der Waals surface area (Å²) < 4.78 is 10.3. The minimum atomic E-state index is 0.286. The molecule has 1 aromatic rings. The lowest BCUT2D eigenvalue weighted by molar-refractivity contribution is 0.355. The number of benzene rings is 1. The van der Waals surface area contributed by atoms with Crippen LogP contribution in [0.1, 0.15) is 5.56 Å². The Labute approximate surface area is 109 Å². The van der Waals surface area contributed by atoms with Crippen molar-refractivity contribution in [2.75, 3.05) is 20.8 Å². The highest BCUT2D eigenvalue weighted by molar-refractivity contribution is 6.45. The van der Waals surface area contributed by atoms with E-state index in [0.717, 1.165) is 0 Å². The molecular formula is C10H12Cl3NO2. The van der Waals surface area contributed by atoms with E-state index >= 15 is 0 Å². The van der Waals surface area contributed by atoms with Gasteiger partial charge in [-0.05, 0) is 18.5 Å². The van der Waals surface area contributed by atoms with Crippen molar-refractivity contribution in [3.63, 3.8) is 0 Å². The average Bonchev–Trinajstić information content (AvgIpc) is 2.29. The summed E-state index contributed by atoms with van der Waals surface area (Å²) in [5.74, 6) is 0.710. The molecule has 16 heavy (non-hydrogen) atoms. The van der Waals surface area contributed by atoms with Gasteiger partial charge < -0.3 is 15.2 Å². The van der Waals surface area contributed by atoms with Crippen LogP contribution in [0.15, 0.2) is 0 Å². The van der Waals surface area contributed by atoms with Crippen molar-refractivity contribution < 1.29 is 9.47 Å². The van der Waals surface area contributed by atoms with E-state index in [2.05, 4.69) is 0 Å². The zero-order valence-corrected chi connectivity index (χ0v) is 11.2. The topological polar surface area (TPSA) is 44.5 Å². The Kier molecular flexibility index (Phi) is 4.99. The van der Waals surface area contributed by atoms with Gasteiger partial charge in [0.1, 0.15) is 5.02 Å². The SMILES string of the molecule is COc1c(Cl)c(Cl)c(CCN)c(Cl)c1OC. The Morgan fingerprint density at radius 1 is 0.938 bits per heavy atom. The largest absolute Gasteiger partial charge is 0.491 e. The van der Waals surface area contributed by atoms with Gasteiger partial charge >= 0.3 is 0 Å². The summed E-state index contributed by atoms with van der Waals surface area (Å²) in [4.78, 5) is 0. The molecule has 0 unspecified atom stereocenters. The van der Waals surface area contributed by atoms with Crippen LogP contribution in [0.4, 0.5) is 0 Å². The summed E-state index contributed by atoms with van der Waals surface area (Å²) in [6.07, 6.45) is 0.526. The van der Waals surface area contributed by atoms with Crippen molar-refractivity contribution in [2.24, 2.45) is 5.73 Å². The third-order valence-corrected chi connectivity index (χ3v) is 3.40. The van der Waals surface area contributed by atoms with E-state index in [0.29, 0.717) is 40.1 Å². The molecule has 1 aromatic carbocycles. The predicted molar refractivity (Wildman–Crippen MR) is 67.3 cm³/mol. The number of hydrogen-bond acceptors (Lipinski definition) is 3. The first kappa shape index (κ1) is 13.7. The van der Waals surface area contributed by atoms with E-state index in [1.54, 1.807) is 0 Å². The minimum absolute atomic E-state index is 0.286. The molecule has 0 bridgehead atoms. The molecule has 6 heteroatoms. The molecule has 0 heterocycles. The quantitative estimate of drug-likeness (QED) is 0.864. The highest BCUT2D eigenvalue weighted by Crippen LogP contribution is 2.47. The van der Waals surface area contributed by atoms with Crippen LogP contribution in [0.2, 0.25) is 15.1 Å². The Balaban J connectivity index is 3.49. The fourth-order valence-corrected chi connectivity index (χ4v) is 2.35. The fraction of sp³-hybridized carbons (Fsp3) is 0.400. The van der Waals surface area contributed by atoms with Crippen LogP contribution in [0.25, 0.3) is 0 Å². The second kappa shape index (κ2) is 5.82. The van der Waals surface area contributed by atoms with Gasteiger partial charge in [0.2, 0.25) is 0 Å². The molecule has 0 aliphatic heterocycles. The van der Waals surface area contributed by atoms with Gasteiger partial charge in [-0.15, -0.1) is 0 Å². The monoisotopic (exact) mass is 283 g/mol. The van der Waals surface area contributed by atoms with E-state index in [1.807, 2.05) is 0 Å². The highest BCUT2D eigenvalue weighted by atomic mass is 35.5. The van der Waals surface area contributed by atoms with E-state index in [-0.39, 0.29) is 5.02 Å². The molecule has 0 spiro atoms. The lowest BCUT2D eigenvalue weighted by atomic mass is 10.1. The van der Waals surface area contributed by atoms with E-state index in [4.69, 9.17) is 50.0 Å². The normalized spacial score (nSPS) is 10.4. The number of nitrogens with two attached hydrogens (primary N) is 1. The number of hydrogen-bond donors (Lipinski definition) is 1. The molecule has 0 fully saturated rings. The van der Waals surface area contributed by atoms with Gasteiger partial charge in [0, 0.05) is 0 Å². The van der Waals surface area contributed by atoms with Crippen molar-refractivity contribution in [3.8, 4) is 11.5 Å². The third kappa shape index (κ3) is 2.33. The molecule has 0 saturated carbocycles. The number of rotatable bonds is 4. The first-order valence-electron chi connectivity index (χ1n) is 4.55. The number of ether oxygens (including phenoxy) is 2. The standard InChI is InChI=1S/C10H12Cl3NO2/c1-15-9-7(12)5(3-4-14)6(11)8(13)10(9)16-2/h3-4,14H2,1-2H3. The van der Waals surface area contributed by atoms with Crippen LogP contribution in [0.3, 0.4) is 0 Å². The first-order valence-corrected chi connectivity index (χ1v) is 5.69. The molecule has 3 nitrogen and oxygen atoms in total. The van der Waals surface area contributed by atoms with Crippen LogP contribution in [-0.2, 0) is 6.42 Å². The maximum atomic E-state index is 6.15. The first-order chi connectivity index (χ1) is 7.58. The molecule has 0 amide bonds. The maximum Gasteiger partial charge on any atom is 0.182 e. The zero-order chi connectivity index (χ0) is 12.3. The number of methoxy groups -OCH3 is 2. The van der Waals surface area contributed by atoms with Gasteiger partial charge in [-0.3, -0.25) is 0 Å². The molecule has 0 aliphatic carbocycles. The summed E-state index contributed by atoms with van der Waals surface area (Å²) in [6.45, 7) is 0.422. The van der Waals surface area contributed by atoms with Gasteiger partial charge in [0.25, 0.3) is 0 Å². The highest BCUT2D eigenvalue weighted by Gasteiger charge is 2.22. The minimum Gasteiger partial charge on any atom is -0.491 e. The summed E-state index contributed by atoms with van der Waals surface area (Å²) in [7, 11) is 2.96. The van der Waals surface area contributed by atoms with Crippen LogP contribution < -0.4 is 15.2 Å². The van der Waals surface area contributed by atoms with Crippen molar-refractivity contribution in [2.45, 2.75) is 6.42 Å². The summed E-state index contributed by atoms with van der Waals surface area (Å²) >= 11 is 18.3. The van der Waals surface area contributed by atoms with E-state index in [1.165, 1.54) is 14.2 Å². The Morgan fingerprint density at radius 2 is 1.44 bits per heavy atom. The van der Waals surface area contributed by atoms with Crippen LogP contribution in [-0.4, -0.2) is 20.8 Å². The van der Waals surface area contributed by atoms with Crippen LogP contribution in [0, 0.1) is 0 Å². The molecular weight excluding hydrogens is 272 g/mol.